The van der Waals surface area contributed by atoms with E-state index in [1.54, 1.807) is 14.2 Å². The van der Waals surface area contributed by atoms with E-state index in [2.05, 4.69) is 9.97 Å². The summed E-state index contributed by atoms with van der Waals surface area (Å²) in [6.07, 6.45) is 0.514. The number of nitrogens with one attached hydrogen (secondary N) is 1. The molecule has 2 aromatic rings. The van der Waals surface area contributed by atoms with E-state index in [0.29, 0.717) is 24.4 Å². The summed E-state index contributed by atoms with van der Waals surface area (Å²) in [7, 11) is 4.67. The fourth-order valence-electron chi connectivity index (χ4n) is 2.59. The Morgan fingerprint density at radius 3 is 2.62 bits per heavy atom. The van der Waals surface area contributed by atoms with Gasteiger partial charge in [0.05, 0.1) is 14.2 Å². The number of hydrogen-bond donors (Lipinski definition) is 1. The second-order valence-electron chi connectivity index (χ2n) is 6.51. The highest BCUT2D eigenvalue weighted by atomic mass is 16.5. The van der Waals surface area contributed by atoms with Crippen molar-refractivity contribution < 1.29 is 14.3 Å². The van der Waals surface area contributed by atoms with Crippen molar-refractivity contribution in [2.24, 2.45) is 5.92 Å². The van der Waals surface area contributed by atoms with Crippen LogP contribution in [0.2, 0.25) is 0 Å². The number of hydrogen-bond acceptors (Lipinski definition) is 5. The fourth-order valence-corrected chi connectivity index (χ4v) is 2.59. The van der Waals surface area contributed by atoms with Crippen LogP contribution in [0.25, 0.3) is 0 Å². The molecule has 1 aromatic carbocycles. The van der Waals surface area contributed by atoms with E-state index in [9.17, 15) is 9.59 Å². The molecule has 0 aliphatic heterocycles. The Kier molecular flexibility index (Phi) is 6.38. The van der Waals surface area contributed by atoms with Gasteiger partial charge in [-0.3, -0.25) is 9.59 Å². The first kappa shape index (κ1) is 19.5. The highest BCUT2D eigenvalue weighted by Crippen LogP contribution is 2.18. The molecule has 0 saturated heterocycles. The van der Waals surface area contributed by atoms with Gasteiger partial charge in [0, 0.05) is 13.6 Å². The number of aromatic amines is 1. The number of rotatable bonds is 7. The molecule has 0 unspecified atom stereocenters. The van der Waals surface area contributed by atoms with Crippen molar-refractivity contribution in [2.75, 3.05) is 21.3 Å². The molecule has 0 fully saturated rings. The van der Waals surface area contributed by atoms with Gasteiger partial charge in [0.25, 0.3) is 11.5 Å². The quantitative estimate of drug-likeness (QED) is 0.820. The number of amides is 1. The van der Waals surface area contributed by atoms with E-state index < -0.39 is 0 Å². The summed E-state index contributed by atoms with van der Waals surface area (Å²) < 4.78 is 10.4. The third-order valence-corrected chi connectivity index (χ3v) is 3.86. The van der Waals surface area contributed by atoms with Gasteiger partial charge < -0.3 is 19.4 Å². The molecule has 0 radical (unpaired) electrons. The van der Waals surface area contributed by atoms with Gasteiger partial charge in [0.2, 0.25) is 5.88 Å². The van der Waals surface area contributed by atoms with Crippen molar-refractivity contribution in [3.8, 4) is 11.6 Å². The SMILES string of the molecule is COc1cccc(CN(C)C(=O)c2[nH]c(=O)c(CC(C)C)nc2OC)c1. The van der Waals surface area contributed by atoms with Crippen LogP contribution in [-0.4, -0.2) is 42.0 Å². The fraction of sp³-hybridized carbons (Fsp3) is 0.421. The van der Waals surface area contributed by atoms with Gasteiger partial charge in [-0.25, -0.2) is 4.98 Å². The summed E-state index contributed by atoms with van der Waals surface area (Å²) in [5.41, 5.74) is 0.961. The first-order chi connectivity index (χ1) is 12.3. The topological polar surface area (TPSA) is 84.5 Å². The Morgan fingerprint density at radius 1 is 1.27 bits per heavy atom. The van der Waals surface area contributed by atoms with Crippen LogP contribution in [0.15, 0.2) is 29.1 Å². The van der Waals surface area contributed by atoms with Gasteiger partial charge in [0.1, 0.15) is 11.4 Å². The van der Waals surface area contributed by atoms with Gasteiger partial charge in [0.15, 0.2) is 5.69 Å². The summed E-state index contributed by atoms with van der Waals surface area (Å²) >= 11 is 0. The zero-order valence-electron chi connectivity index (χ0n) is 15.8. The van der Waals surface area contributed by atoms with Gasteiger partial charge in [-0.1, -0.05) is 26.0 Å². The summed E-state index contributed by atoms with van der Waals surface area (Å²) in [5, 5.41) is 0. The number of aromatic nitrogens is 2. The molecule has 0 aliphatic carbocycles. The van der Waals surface area contributed by atoms with E-state index in [4.69, 9.17) is 9.47 Å². The van der Waals surface area contributed by atoms with Gasteiger partial charge >= 0.3 is 0 Å². The second kappa shape index (κ2) is 8.51. The largest absolute Gasteiger partial charge is 0.497 e. The second-order valence-corrected chi connectivity index (χ2v) is 6.51. The number of carbonyl (C=O) groups excluding carboxylic acids is 1. The van der Waals surface area contributed by atoms with Crippen molar-refractivity contribution in [1.29, 1.82) is 0 Å². The number of H-pyrrole nitrogens is 1. The van der Waals surface area contributed by atoms with E-state index >= 15 is 0 Å². The molecule has 0 atom stereocenters. The lowest BCUT2D eigenvalue weighted by Gasteiger charge is -2.19. The molecule has 1 amide bonds. The average Bonchev–Trinajstić information content (AvgIpc) is 2.62. The van der Waals surface area contributed by atoms with Crippen molar-refractivity contribution in [3.05, 3.63) is 51.6 Å². The molecule has 7 nitrogen and oxygen atoms in total. The molecule has 0 spiro atoms. The molecule has 0 bridgehead atoms. The Labute approximate surface area is 153 Å². The minimum absolute atomic E-state index is 0.0513. The van der Waals surface area contributed by atoms with Crippen molar-refractivity contribution in [3.63, 3.8) is 0 Å². The minimum atomic E-state index is -0.370. The first-order valence-electron chi connectivity index (χ1n) is 8.41. The minimum Gasteiger partial charge on any atom is -0.497 e. The molecule has 1 N–H and O–H groups in total. The lowest BCUT2D eigenvalue weighted by atomic mass is 10.1. The van der Waals surface area contributed by atoms with Crippen molar-refractivity contribution >= 4 is 5.91 Å². The molecule has 0 aliphatic rings. The molecule has 2 rings (SSSR count). The third-order valence-electron chi connectivity index (χ3n) is 3.86. The highest BCUT2D eigenvalue weighted by molar-refractivity contribution is 5.94. The molecular weight excluding hydrogens is 334 g/mol. The standard InChI is InChI=1S/C19H25N3O4/c1-12(2)9-15-17(23)21-16(18(20-15)26-5)19(24)22(3)11-13-7-6-8-14(10-13)25-4/h6-8,10,12H,9,11H2,1-5H3,(H,21,23). The number of ether oxygens (including phenoxy) is 2. The van der Waals surface area contributed by atoms with Crippen LogP contribution < -0.4 is 15.0 Å². The number of nitrogens with zero attached hydrogens (tertiary/aromatic N) is 2. The lowest BCUT2D eigenvalue weighted by Crippen LogP contribution is -2.31. The molecule has 26 heavy (non-hydrogen) atoms. The summed E-state index contributed by atoms with van der Waals surface area (Å²) in [6.45, 7) is 4.35. The van der Waals surface area contributed by atoms with E-state index in [0.717, 1.165) is 5.56 Å². The van der Waals surface area contributed by atoms with Crippen LogP contribution in [0.1, 0.15) is 35.6 Å². The summed E-state index contributed by atoms with van der Waals surface area (Å²) in [6, 6.07) is 7.45. The zero-order chi connectivity index (χ0) is 19.3. The van der Waals surface area contributed by atoms with Crippen LogP contribution in [0.4, 0.5) is 0 Å². The summed E-state index contributed by atoms with van der Waals surface area (Å²) in [5.74, 6) is 0.743. The first-order valence-corrected chi connectivity index (χ1v) is 8.41. The van der Waals surface area contributed by atoms with Gasteiger partial charge in [-0.2, -0.15) is 0 Å². The monoisotopic (exact) mass is 359 g/mol. The summed E-state index contributed by atoms with van der Waals surface area (Å²) in [4.78, 5) is 33.4. The van der Waals surface area contributed by atoms with E-state index in [1.807, 2.05) is 38.1 Å². The predicted molar refractivity (Wildman–Crippen MR) is 98.7 cm³/mol. The number of carbonyl (C=O) groups is 1. The normalized spacial score (nSPS) is 10.7. The van der Waals surface area contributed by atoms with Crippen LogP contribution in [-0.2, 0) is 13.0 Å². The molecule has 1 heterocycles. The number of benzene rings is 1. The van der Waals surface area contributed by atoms with Gasteiger partial charge in [-0.05, 0) is 30.0 Å². The predicted octanol–water partition coefficient (Wildman–Crippen LogP) is 2.26. The van der Waals surface area contributed by atoms with Crippen LogP contribution in [0.5, 0.6) is 11.6 Å². The Morgan fingerprint density at radius 2 is 2.00 bits per heavy atom. The maximum Gasteiger partial charge on any atom is 0.276 e. The zero-order valence-corrected chi connectivity index (χ0v) is 15.8. The maximum absolute atomic E-state index is 12.8. The third kappa shape index (κ3) is 4.62. The Bertz CT molecular complexity index is 830. The van der Waals surface area contributed by atoms with E-state index in [1.165, 1.54) is 12.0 Å². The highest BCUT2D eigenvalue weighted by Gasteiger charge is 2.21. The van der Waals surface area contributed by atoms with Crippen LogP contribution in [0, 0.1) is 5.92 Å². The Hall–Kier alpha value is -2.83. The van der Waals surface area contributed by atoms with Gasteiger partial charge in [-0.15, -0.1) is 0 Å². The average molecular weight is 359 g/mol. The molecule has 7 heteroatoms. The maximum atomic E-state index is 12.8. The molecule has 1 aromatic heterocycles. The Balaban J connectivity index is 2.27. The van der Waals surface area contributed by atoms with Crippen molar-refractivity contribution in [1.82, 2.24) is 14.9 Å². The van der Waals surface area contributed by atoms with Crippen LogP contribution >= 0.6 is 0 Å². The number of methoxy groups -OCH3 is 2. The molecule has 0 saturated carbocycles. The lowest BCUT2D eigenvalue weighted by molar-refractivity contribution is 0.0774. The molecule has 140 valence electrons. The van der Waals surface area contributed by atoms with Crippen LogP contribution in [0.3, 0.4) is 0 Å². The molecular formula is C19H25N3O4. The smallest absolute Gasteiger partial charge is 0.276 e. The van der Waals surface area contributed by atoms with E-state index in [-0.39, 0.29) is 29.0 Å². The van der Waals surface area contributed by atoms with Crippen molar-refractivity contribution in [2.45, 2.75) is 26.8 Å².